The maximum Gasteiger partial charge on any atom is 0.433 e. The lowest BCUT2D eigenvalue weighted by Gasteiger charge is -2.25. The highest BCUT2D eigenvalue weighted by atomic mass is 19.4. The van der Waals surface area contributed by atoms with Crippen molar-refractivity contribution in [1.29, 1.82) is 0 Å². The van der Waals surface area contributed by atoms with E-state index in [-0.39, 0.29) is 12.4 Å². The Morgan fingerprint density at radius 1 is 1.19 bits per heavy atom. The van der Waals surface area contributed by atoms with Crippen molar-refractivity contribution in [1.82, 2.24) is 19.7 Å². The zero-order valence-electron chi connectivity index (χ0n) is 13.4. The molecule has 0 radical (unpaired) electrons. The van der Waals surface area contributed by atoms with Gasteiger partial charge in [0.15, 0.2) is 0 Å². The number of halogens is 3. The topological polar surface area (TPSA) is 76.3 Å². The van der Waals surface area contributed by atoms with E-state index >= 15 is 0 Å². The van der Waals surface area contributed by atoms with E-state index < -0.39 is 17.8 Å². The first-order valence-electron chi connectivity index (χ1n) is 7.93. The van der Waals surface area contributed by atoms with E-state index in [9.17, 15) is 18.0 Å². The molecule has 134 valence electrons. The number of hydrogen-bond acceptors (Lipinski definition) is 5. The molecule has 0 saturated heterocycles. The van der Waals surface area contributed by atoms with Gasteiger partial charge < -0.3 is 0 Å². The number of aromatic nitrogens is 4. The molecule has 0 unspecified atom stereocenters. The molecule has 26 heavy (non-hydrogen) atoms. The van der Waals surface area contributed by atoms with Gasteiger partial charge >= 0.3 is 6.18 Å². The Balaban J connectivity index is 1.65. The second-order valence-electron chi connectivity index (χ2n) is 5.85. The van der Waals surface area contributed by atoms with Crippen LogP contribution in [0, 0.1) is 0 Å². The van der Waals surface area contributed by atoms with Crippen LogP contribution in [0.25, 0.3) is 5.70 Å². The highest BCUT2D eigenvalue weighted by Crippen LogP contribution is 2.30. The van der Waals surface area contributed by atoms with Gasteiger partial charge in [-0.3, -0.25) is 14.7 Å². The third-order valence-corrected chi connectivity index (χ3v) is 4.16. The Morgan fingerprint density at radius 2 is 2.04 bits per heavy atom. The number of carbonyl (C=O) groups excluding carboxylic acids is 1. The summed E-state index contributed by atoms with van der Waals surface area (Å²) in [6.07, 6.45) is 2.66. The quantitative estimate of drug-likeness (QED) is 0.821. The molecule has 2 aliphatic rings. The lowest BCUT2D eigenvalue weighted by molar-refractivity contribution is -0.141. The molecule has 0 atom stereocenters. The van der Waals surface area contributed by atoms with Gasteiger partial charge in [-0.05, 0) is 6.42 Å². The van der Waals surface area contributed by atoms with Crippen molar-refractivity contribution in [3.63, 3.8) is 0 Å². The summed E-state index contributed by atoms with van der Waals surface area (Å²) in [7, 11) is 0. The van der Waals surface area contributed by atoms with Gasteiger partial charge in [0.25, 0.3) is 5.91 Å². The summed E-state index contributed by atoms with van der Waals surface area (Å²) in [5.41, 5.74) is 0.645. The van der Waals surface area contributed by atoms with Crippen LogP contribution in [-0.4, -0.2) is 45.0 Å². The van der Waals surface area contributed by atoms with Crippen LogP contribution < -0.4 is 4.90 Å². The lowest BCUT2D eigenvalue weighted by Crippen LogP contribution is -2.38. The van der Waals surface area contributed by atoms with E-state index in [2.05, 4.69) is 20.1 Å². The molecule has 7 nitrogen and oxygen atoms in total. The first-order valence-corrected chi connectivity index (χ1v) is 7.93. The largest absolute Gasteiger partial charge is 0.433 e. The number of nitrogens with zero attached hydrogens (tertiary/aromatic N) is 6. The molecule has 10 heteroatoms. The number of fused-ring (bicyclic) bond motifs is 1. The van der Waals surface area contributed by atoms with E-state index in [1.807, 2.05) is 6.08 Å². The third-order valence-electron chi connectivity index (χ3n) is 4.16. The number of aliphatic imine (C=N–C) groups is 1. The zero-order valence-corrected chi connectivity index (χ0v) is 13.4. The second-order valence-corrected chi connectivity index (χ2v) is 5.85. The molecule has 4 rings (SSSR count). The van der Waals surface area contributed by atoms with Gasteiger partial charge in [0.1, 0.15) is 17.8 Å². The van der Waals surface area contributed by atoms with E-state index in [4.69, 9.17) is 0 Å². The van der Waals surface area contributed by atoms with Crippen LogP contribution >= 0.6 is 0 Å². The molecule has 2 aromatic rings. The number of hydrogen-bond donors (Lipinski definition) is 0. The zero-order chi connectivity index (χ0) is 18.3. The van der Waals surface area contributed by atoms with Crippen molar-refractivity contribution in [3.8, 4) is 0 Å². The molecule has 0 bridgehead atoms. The molecule has 2 aromatic heterocycles. The van der Waals surface area contributed by atoms with Crippen molar-refractivity contribution < 1.29 is 18.0 Å². The summed E-state index contributed by atoms with van der Waals surface area (Å²) < 4.78 is 40.1. The molecular weight excluding hydrogens is 349 g/mol. The Kier molecular flexibility index (Phi) is 3.82. The number of anilines is 1. The average molecular weight is 362 g/mol. The fourth-order valence-electron chi connectivity index (χ4n) is 2.89. The minimum absolute atomic E-state index is 0.0748. The van der Waals surface area contributed by atoms with Crippen LogP contribution in [-0.2, 0) is 12.6 Å². The predicted octanol–water partition coefficient (Wildman–Crippen LogP) is 2.21. The van der Waals surface area contributed by atoms with Gasteiger partial charge in [0, 0.05) is 38.0 Å². The standard InChI is InChI=1S/C16H13F3N6O/c17-16(18,19)13-6-14(22-9-21-13)24-5-3-12-11(15(24)26)8-25(23-12)10-2-1-4-20-7-10/h2,6-9H,1,3-5H2. The van der Waals surface area contributed by atoms with Crippen LogP contribution in [0.15, 0.2) is 29.7 Å². The summed E-state index contributed by atoms with van der Waals surface area (Å²) in [6.45, 7) is 0.913. The maximum atomic E-state index is 12.9. The normalized spacial score (nSPS) is 17.3. The van der Waals surface area contributed by atoms with Gasteiger partial charge in [-0.1, -0.05) is 6.08 Å². The van der Waals surface area contributed by atoms with E-state index in [0.29, 0.717) is 24.2 Å². The monoisotopic (exact) mass is 362 g/mol. The van der Waals surface area contributed by atoms with Crippen molar-refractivity contribution in [3.05, 3.63) is 41.6 Å². The number of amides is 1. The molecule has 2 aliphatic heterocycles. The van der Waals surface area contributed by atoms with E-state index in [1.54, 1.807) is 17.1 Å². The summed E-state index contributed by atoms with van der Waals surface area (Å²) in [6, 6.07) is 0.781. The molecular formula is C16H13F3N6O. The summed E-state index contributed by atoms with van der Waals surface area (Å²) in [5.74, 6) is -0.508. The fraction of sp³-hybridized carbons (Fsp3) is 0.312. The molecule has 0 N–H and O–H groups in total. The van der Waals surface area contributed by atoms with Gasteiger partial charge in [0.05, 0.1) is 17.0 Å². The highest BCUT2D eigenvalue weighted by Gasteiger charge is 2.35. The van der Waals surface area contributed by atoms with Gasteiger partial charge in [0.2, 0.25) is 0 Å². The van der Waals surface area contributed by atoms with E-state index in [0.717, 1.165) is 24.5 Å². The first kappa shape index (κ1) is 16.4. The molecule has 0 saturated carbocycles. The Morgan fingerprint density at radius 3 is 2.77 bits per heavy atom. The molecule has 0 spiro atoms. The van der Waals surface area contributed by atoms with E-state index in [1.165, 1.54) is 4.90 Å². The molecule has 0 fully saturated rings. The molecule has 4 heterocycles. The van der Waals surface area contributed by atoms with Crippen LogP contribution in [0.5, 0.6) is 0 Å². The van der Waals surface area contributed by atoms with Gasteiger partial charge in [-0.25, -0.2) is 14.6 Å². The van der Waals surface area contributed by atoms with Gasteiger partial charge in [-0.2, -0.15) is 18.3 Å². The SMILES string of the molecule is O=C1c2cn(C3=CCCN=C3)nc2CCN1c1cc(C(F)(F)F)ncn1. The van der Waals surface area contributed by atoms with Crippen molar-refractivity contribution in [2.45, 2.75) is 19.0 Å². The van der Waals surface area contributed by atoms with Gasteiger partial charge in [-0.15, -0.1) is 0 Å². The minimum atomic E-state index is -4.60. The maximum absolute atomic E-state index is 12.9. The average Bonchev–Trinajstić information content (AvgIpc) is 3.07. The molecule has 0 aliphatic carbocycles. The number of carbonyl (C=O) groups is 1. The van der Waals surface area contributed by atoms with Crippen molar-refractivity contribution in [2.24, 2.45) is 4.99 Å². The first-order chi connectivity index (χ1) is 12.4. The van der Waals surface area contributed by atoms with Crippen LogP contribution in [0.2, 0.25) is 0 Å². The number of dihydropyridines is 1. The summed E-state index contributed by atoms with van der Waals surface area (Å²) in [4.78, 5) is 25.2. The smallest absolute Gasteiger partial charge is 0.292 e. The van der Waals surface area contributed by atoms with Crippen LogP contribution in [0.3, 0.4) is 0 Å². The Hall–Kier alpha value is -3.04. The Bertz CT molecular complexity index is 930. The number of allylic oxidation sites excluding steroid dienone is 1. The second kappa shape index (κ2) is 6.04. The summed E-state index contributed by atoms with van der Waals surface area (Å²) in [5, 5.41) is 4.41. The number of alkyl halides is 3. The fourth-order valence-corrected chi connectivity index (χ4v) is 2.89. The molecule has 1 amide bonds. The van der Waals surface area contributed by atoms with Crippen molar-refractivity contribution >= 4 is 23.6 Å². The Labute approximate surface area is 145 Å². The minimum Gasteiger partial charge on any atom is -0.292 e. The molecule has 0 aromatic carbocycles. The van der Waals surface area contributed by atoms with Crippen LogP contribution in [0.1, 0.15) is 28.2 Å². The predicted molar refractivity (Wildman–Crippen MR) is 86.9 cm³/mol. The lowest BCUT2D eigenvalue weighted by atomic mass is 10.1. The number of rotatable bonds is 2. The summed E-state index contributed by atoms with van der Waals surface area (Å²) >= 11 is 0. The van der Waals surface area contributed by atoms with Crippen molar-refractivity contribution in [2.75, 3.05) is 18.0 Å². The highest BCUT2D eigenvalue weighted by molar-refractivity contribution is 6.08. The third kappa shape index (κ3) is 2.87. The van der Waals surface area contributed by atoms with Crippen LogP contribution in [0.4, 0.5) is 19.0 Å².